The SMILES string of the molecule is Clc1cc(Oc2cccnc2)ccc1-c1ccco1. The molecule has 0 bridgehead atoms. The van der Waals surface area contributed by atoms with Crippen molar-refractivity contribution < 1.29 is 9.15 Å². The molecule has 0 amide bonds. The van der Waals surface area contributed by atoms with Crippen LogP contribution in [0.3, 0.4) is 0 Å². The third-order valence-corrected chi connectivity index (χ3v) is 2.91. The van der Waals surface area contributed by atoms with Crippen LogP contribution in [-0.4, -0.2) is 4.98 Å². The third-order valence-electron chi connectivity index (χ3n) is 2.60. The number of hydrogen-bond donors (Lipinski definition) is 0. The number of halogens is 1. The van der Waals surface area contributed by atoms with E-state index in [9.17, 15) is 0 Å². The first-order valence-corrected chi connectivity index (χ1v) is 6.12. The Morgan fingerprint density at radius 2 is 2.00 bits per heavy atom. The summed E-state index contributed by atoms with van der Waals surface area (Å²) in [6.07, 6.45) is 4.96. The molecule has 0 radical (unpaired) electrons. The molecule has 0 unspecified atom stereocenters. The van der Waals surface area contributed by atoms with Gasteiger partial charge in [-0.25, -0.2) is 0 Å². The van der Waals surface area contributed by atoms with E-state index in [0.29, 0.717) is 16.5 Å². The standard InChI is InChI=1S/C15H10ClNO2/c16-14-9-11(19-12-3-1-7-17-10-12)5-6-13(14)15-4-2-8-18-15/h1-10H. The first-order chi connectivity index (χ1) is 9.33. The van der Waals surface area contributed by atoms with Crippen LogP contribution >= 0.6 is 11.6 Å². The highest BCUT2D eigenvalue weighted by Crippen LogP contribution is 2.32. The zero-order valence-corrected chi connectivity index (χ0v) is 10.7. The summed E-state index contributed by atoms with van der Waals surface area (Å²) < 4.78 is 11.0. The van der Waals surface area contributed by atoms with Crippen LogP contribution < -0.4 is 4.74 Å². The molecule has 0 aliphatic heterocycles. The molecule has 2 aromatic heterocycles. The van der Waals surface area contributed by atoms with Crippen molar-refractivity contribution in [2.75, 3.05) is 0 Å². The van der Waals surface area contributed by atoms with Gasteiger partial charge in [-0.15, -0.1) is 0 Å². The van der Waals surface area contributed by atoms with Gasteiger partial charge in [-0.3, -0.25) is 4.98 Å². The molecule has 0 saturated heterocycles. The van der Waals surface area contributed by atoms with E-state index in [1.165, 1.54) is 0 Å². The molecule has 0 atom stereocenters. The molecule has 3 aromatic rings. The summed E-state index contributed by atoms with van der Waals surface area (Å²) in [5, 5.41) is 0.580. The Morgan fingerprint density at radius 3 is 2.68 bits per heavy atom. The van der Waals surface area contributed by atoms with Gasteiger partial charge in [0.1, 0.15) is 17.3 Å². The van der Waals surface area contributed by atoms with E-state index in [1.54, 1.807) is 24.7 Å². The van der Waals surface area contributed by atoms with Crippen LogP contribution in [0.4, 0.5) is 0 Å². The zero-order chi connectivity index (χ0) is 13.1. The Hall–Kier alpha value is -2.26. The molecule has 0 aliphatic carbocycles. The molecule has 0 aliphatic rings. The van der Waals surface area contributed by atoms with Crippen molar-refractivity contribution in [1.82, 2.24) is 4.98 Å². The minimum Gasteiger partial charge on any atom is -0.464 e. The van der Waals surface area contributed by atoms with Gasteiger partial charge in [0, 0.05) is 17.8 Å². The predicted molar refractivity (Wildman–Crippen MR) is 73.5 cm³/mol. The average Bonchev–Trinajstić information content (AvgIpc) is 2.94. The molecule has 4 heteroatoms. The summed E-state index contributed by atoms with van der Waals surface area (Å²) in [6.45, 7) is 0. The van der Waals surface area contributed by atoms with Crippen molar-refractivity contribution in [2.24, 2.45) is 0 Å². The van der Waals surface area contributed by atoms with Gasteiger partial charge in [-0.1, -0.05) is 11.6 Å². The van der Waals surface area contributed by atoms with Crippen molar-refractivity contribution >= 4 is 11.6 Å². The molecule has 3 rings (SSSR count). The number of ether oxygens (including phenoxy) is 1. The van der Waals surface area contributed by atoms with Gasteiger partial charge in [-0.2, -0.15) is 0 Å². The van der Waals surface area contributed by atoms with Gasteiger partial charge in [-0.05, 0) is 36.4 Å². The number of benzene rings is 1. The zero-order valence-electron chi connectivity index (χ0n) is 9.92. The first kappa shape index (κ1) is 11.8. The Bertz CT molecular complexity index is 666. The molecule has 0 fully saturated rings. The van der Waals surface area contributed by atoms with Gasteiger partial charge in [0.25, 0.3) is 0 Å². The van der Waals surface area contributed by atoms with Gasteiger partial charge < -0.3 is 9.15 Å². The minimum absolute atomic E-state index is 0.580. The number of nitrogens with zero attached hydrogens (tertiary/aromatic N) is 1. The Kier molecular flexibility index (Phi) is 3.21. The second-order valence-electron chi connectivity index (χ2n) is 3.91. The molecule has 1 aromatic carbocycles. The number of aromatic nitrogens is 1. The molecule has 0 N–H and O–H groups in total. The van der Waals surface area contributed by atoms with E-state index in [-0.39, 0.29) is 0 Å². The Morgan fingerprint density at radius 1 is 1.05 bits per heavy atom. The van der Waals surface area contributed by atoms with E-state index in [0.717, 1.165) is 11.3 Å². The highest BCUT2D eigenvalue weighted by atomic mass is 35.5. The van der Waals surface area contributed by atoms with Crippen LogP contribution in [0.2, 0.25) is 5.02 Å². The normalized spacial score (nSPS) is 10.4. The lowest BCUT2D eigenvalue weighted by Gasteiger charge is -2.07. The van der Waals surface area contributed by atoms with Crippen LogP contribution in [0.5, 0.6) is 11.5 Å². The van der Waals surface area contributed by atoms with Crippen LogP contribution in [0, 0.1) is 0 Å². The van der Waals surface area contributed by atoms with Crippen molar-refractivity contribution in [2.45, 2.75) is 0 Å². The second-order valence-corrected chi connectivity index (χ2v) is 4.32. The lowest BCUT2D eigenvalue weighted by Crippen LogP contribution is -1.85. The summed E-state index contributed by atoms with van der Waals surface area (Å²) in [6, 6.07) is 12.8. The molecule has 94 valence electrons. The fourth-order valence-electron chi connectivity index (χ4n) is 1.73. The van der Waals surface area contributed by atoms with Crippen LogP contribution in [-0.2, 0) is 0 Å². The van der Waals surface area contributed by atoms with Crippen molar-refractivity contribution in [3.63, 3.8) is 0 Å². The molecule has 3 nitrogen and oxygen atoms in total. The number of pyridine rings is 1. The van der Waals surface area contributed by atoms with Gasteiger partial charge in [0.15, 0.2) is 0 Å². The summed E-state index contributed by atoms with van der Waals surface area (Å²) in [4.78, 5) is 3.99. The Labute approximate surface area is 115 Å². The monoisotopic (exact) mass is 271 g/mol. The van der Waals surface area contributed by atoms with E-state index in [2.05, 4.69) is 4.98 Å². The quantitative estimate of drug-likeness (QED) is 0.687. The lowest BCUT2D eigenvalue weighted by molar-refractivity contribution is 0.480. The molecule has 0 saturated carbocycles. The van der Waals surface area contributed by atoms with Crippen molar-refractivity contribution in [3.05, 3.63) is 66.1 Å². The van der Waals surface area contributed by atoms with Crippen LogP contribution in [0.1, 0.15) is 0 Å². The summed E-state index contributed by atoms with van der Waals surface area (Å²) in [5.74, 6) is 2.07. The van der Waals surface area contributed by atoms with E-state index in [1.807, 2.05) is 36.4 Å². The number of hydrogen-bond acceptors (Lipinski definition) is 3. The molecule has 19 heavy (non-hydrogen) atoms. The summed E-state index contributed by atoms with van der Waals surface area (Å²) >= 11 is 6.23. The Balaban J connectivity index is 1.88. The maximum Gasteiger partial charge on any atom is 0.145 e. The third kappa shape index (κ3) is 2.61. The van der Waals surface area contributed by atoms with Gasteiger partial charge in [0.05, 0.1) is 17.5 Å². The maximum atomic E-state index is 6.23. The number of rotatable bonds is 3. The summed E-state index contributed by atoms with van der Waals surface area (Å²) in [5.41, 5.74) is 0.838. The average molecular weight is 272 g/mol. The van der Waals surface area contributed by atoms with Crippen molar-refractivity contribution in [1.29, 1.82) is 0 Å². The predicted octanol–water partition coefficient (Wildman–Crippen LogP) is 4.79. The smallest absolute Gasteiger partial charge is 0.145 e. The van der Waals surface area contributed by atoms with E-state index in [4.69, 9.17) is 20.8 Å². The maximum absolute atomic E-state index is 6.23. The van der Waals surface area contributed by atoms with Gasteiger partial charge in [0.2, 0.25) is 0 Å². The van der Waals surface area contributed by atoms with Crippen molar-refractivity contribution in [3.8, 4) is 22.8 Å². The lowest BCUT2D eigenvalue weighted by atomic mass is 10.1. The fraction of sp³-hybridized carbons (Fsp3) is 0. The minimum atomic E-state index is 0.580. The highest BCUT2D eigenvalue weighted by molar-refractivity contribution is 6.33. The fourth-order valence-corrected chi connectivity index (χ4v) is 2.00. The summed E-state index contributed by atoms with van der Waals surface area (Å²) in [7, 11) is 0. The molecule has 0 spiro atoms. The van der Waals surface area contributed by atoms with E-state index < -0.39 is 0 Å². The number of furan rings is 1. The van der Waals surface area contributed by atoms with Crippen LogP contribution in [0.25, 0.3) is 11.3 Å². The second kappa shape index (κ2) is 5.16. The van der Waals surface area contributed by atoms with E-state index >= 15 is 0 Å². The largest absolute Gasteiger partial charge is 0.464 e. The van der Waals surface area contributed by atoms with Gasteiger partial charge >= 0.3 is 0 Å². The highest BCUT2D eigenvalue weighted by Gasteiger charge is 2.08. The first-order valence-electron chi connectivity index (χ1n) is 5.74. The molecular formula is C15H10ClNO2. The van der Waals surface area contributed by atoms with Crippen LogP contribution in [0.15, 0.2) is 65.5 Å². The molecular weight excluding hydrogens is 262 g/mol. The topological polar surface area (TPSA) is 35.3 Å². The molecule has 2 heterocycles.